The molecule has 9 nitrogen and oxygen atoms in total. The highest BCUT2D eigenvalue weighted by Crippen LogP contribution is 2.26. The molecular weight excluding hydrogens is 336 g/mol. The summed E-state index contributed by atoms with van der Waals surface area (Å²) in [6, 6.07) is 5.22. The van der Waals surface area contributed by atoms with E-state index in [1.807, 2.05) is 0 Å². The standard InChI is InChI=1S/C14H20N6O3.ClH/c1-9-17-18-19-20(9)12-6-10(4-5-13(12)23-3)16-14(21)7-11(8-15)22-2;/h4-6,11H,7-8,15H2,1-3H3,(H,16,21);1H. The third-order valence-corrected chi connectivity index (χ3v) is 3.33. The Morgan fingerprint density at radius 3 is 2.71 bits per heavy atom. The van der Waals surface area contributed by atoms with E-state index in [0.717, 1.165) is 0 Å². The zero-order chi connectivity index (χ0) is 16.8. The zero-order valence-corrected chi connectivity index (χ0v) is 14.5. The number of tetrazole rings is 1. The van der Waals surface area contributed by atoms with Gasteiger partial charge in [0, 0.05) is 19.3 Å². The second kappa shape index (κ2) is 9.16. The Labute approximate surface area is 145 Å². The van der Waals surface area contributed by atoms with Crippen LogP contribution in [0.15, 0.2) is 18.2 Å². The van der Waals surface area contributed by atoms with Gasteiger partial charge in [-0.1, -0.05) is 0 Å². The van der Waals surface area contributed by atoms with Crippen molar-refractivity contribution in [1.82, 2.24) is 20.2 Å². The highest BCUT2D eigenvalue weighted by Gasteiger charge is 2.14. The van der Waals surface area contributed by atoms with Crippen molar-refractivity contribution in [1.29, 1.82) is 0 Å². The summed E-state index contributed by atoms with van der Waals surface area (Å²) >= 11 is 0. The summed E-state index contributed by atoms with van der Waals surface area (Å²) in [5.74, 6) is 1.01. The van der Waals surface area contributed by atoms with Crippen LogP contribution < -0.4 is 15.8 Å². The summed E-state index contributed by atoms with van der Waals surface area (Å²) in [7, 11) is 3.08. The second-order valence-electron chi connectivity index (χ2n) is 4.87. The number of hydrogen-bond donors (Lipinski definition) is 2. The van der Waals surface area contributed by atoms with E-state index in [1.165, 1.54) is 11.8 Å². The number of rotatable bonds is 7. The maximum atomic E-state index is 12.0. The van der Waals surface area contributed by atoms with Gasteiger partial charge < -0.3 is 20.5 Å². The summed E-state index contributed by atoms with van der Waals surface area (Å²) in [6.45, 7) is 2.05. The van der Waals surface area contributed by atoms with Crippen molar-refractivity contribution in [2.24, 2.45) is 5.73 Å². The summed E-state index contributed by atoms with van der Waals surface area (Å²) in [4.78, 5) is 12.0. The Bertz CT molecular complexity index is 674. The first-order chi connectivity index (χ1) is 11.1. The van der Waals surface area contributed by atoms with Crippen LogP contribution in [-0.4, -0.2) is 53.0 Å². The first kappa shape index (κ1) is 19.8. The number of aryl methyl sites for hydroxylation is 1. The first-order valence-electron chi connectivity index (χ1n) is 7.05. The number of carbonyl (C=O) groups excluding carboxylic acids is 1. The normalized spacial score (nSPS) is 11.5. The molecule has 0 saturated carbocycles. The molecule has 1 aromatic carbocycles. The zero-order valence-electron chi connectivity index (χ0n) is 13.7. The molecule has 0 fully saturated rings. The number of halogens is 1. The summed E-state index contributed by atoms with van der Waals surface area (Å²) in [6.07, 6.45) is -0.132. The fourth-order valence-corrected chi connectivity index (χ4v) is 2.07. The summed E-state index contributed by atoms with van der Waals surface area (Å²) < 4.78 is 12.0. The molecule has 0 radical (unpaired) electrons. The SMILES string of the molecule is COc1ccc(NC(=O)CC(CN)OC)cc1-n1nnnc1C.Cl. The predicted octanol–water partition coefficient (Wildman–Crippen LogP) is 0.703. The Morgan fingerprint density at radius 1 is 1.42 bits per heavy atom. The number of amides is 1. The lowest BCUT2D eigenvalue weighted by atomic mass is 10.2. The maximum Gasteiger partial charge on any atom is 0.227 e. The van der Waals surface area contributed by atoms with Crippen molar-refractivity contribution in [3.05, 3.63) is 24.0 Å². The van der Waals surface area contributed by atoms with Gasteiger partial charge in [-0.05, 0) is 35.5 Å². The van der Waals surface area contributed by atoms with E-state index in [9.17, 15) is 4.79 Å². The molecule has 1 unspecified atom stereocenters. The Hall–Kier alpha value is -2.23. The van der Waals surface area contributed by atoms with E-state index in [4.69, 9.17) is 15.2 Å². The molecule has 24 heavy (non-hydrogen) atoms. The van der Waals surface area contributed by atoms with Crippen molar-refractivity contribution in [3.63, 3.8) is 0 Å². The van der Waals surface area contributed by atoms with Crippen molar-refractivity contribution in [2.75, 3.05) is 26.1 Å². The van der Waals surface area contributed by atoms with Crippen LogP contribution in [0.3, 0.4) is 0 Å². The molecule has 1 atom stereocenters. The lowest BCUT2D eigenvalue weighted by Crippen LogP contribution is -2.28. The van der Waals surface area contributed by atoms with Crippen LogP contribution in [0.4, 0.5) is 5.69 Å². The molecular formula is C14H21ClN6O3. The fourth-order valence-electron chi connectivity index (χ4n) is 2.07. The number of nitrogens with two attached hydrogens (primary N) is 1. The fraction of sp³-hybridized carbons (Fsp3) is 0.429. The molecule has 132 valence electrons. The van der Waals surface area contributed by atoms with E-state index in [0.29, 0.717) is 22.9 Å². The van der Waals surface area contributed by atoms with Gasteiger partial charge >= 0.3 is 0 Å². The van der Waals surface area contributed by atoms with Crippen LogP contribution in [-0.2, 0) is 9.53 Å². The van der Waals surface area contributed by atoms with Gasteiger partial charge in [-0.25, -0.2) is 0 Å². The van der Waals surface area contributed by atoms with Crippen LogP contribution in [0.25, 0.3) is 5.69 Å². The number of nitrogens with zero attached hydrogens (tertiary/aromatic N) is 4. The number of benzene rings is 1. The van der Waals surface area contributed by atoms with E-state index < -0.39 is 0 Å². The molecule has 2 aromatic rings. The molecule has 0 saturated heterocycles. The molecule has 2 rings (SSSR count). The van der Waals surface area contributed by atoms with Crippen LogP contribution in [0.1, 0.15) is 12.2 Å². The van der Waals surface area contributed by atoms with Crippen molar-refractivity contribution >= 4 is 24.0 Å². The molecule has 0 bridgehead atoms. The number of ether oxygens (including phenoxy) is 2. The van der Waals surface area contributed by atoms with Crippen LogP contribution in [0, 0.1) is 6.92 Å². The minimum absolute atomic E-state index is 0. The molecule has 10 heteroatoms. The Balaban J connectivity index is 0.00000288. The Morgan fingerprint density at radius 2 is 2.17 bits per heavy atom. The minimum atomic E-state index is -0.311. The first-order valence-corrected chi connectivity index (χ1v) is 7.05. The average molecular weight is 357 g/mol. The number of methoxy groups -OCH3 is 2. The molecule has 1 aromatic heterocycles. The third-order valence-electron chi connectivity index (χ3n) is 3.33. The molecule has 3 N–H and O–H groups in total. The van der Waals surface area contributed by atoms with E-state index in [1.54, 1.807) is 32.2 Å². The monoisotopic (exact) mass is 356 g/mol. The number of anilines is 1. The number of hydrogen-bond acceptors (Lipinski definition) is 7. The van der Waals surface area contributed by atoms with Gasteiger partial charge in [-0.3, -0.25) is 4.79 Å². The minimum Gasteiger partial charge on any atom is -0.494 e. The second-order valence-corrected chi connectivity index (χ2v) is 4.87. The van der Waals surface area contributed by atoms with E-state index in [-0.39, 0.29) is 37.4 Å². The summed E-state index contributed by atoms with van der Waals surface area (Å²) in [5, 5.41) is 14.2. The number of aromatic nitrogens is 4. The molecule has 1 heterocycles. The van der Waals surface area contributed by atoms with Crippen molar-refractivity contribution in [2.45, 2.75) is 19.4 Å². The van der Waals surface area contributed by atoms with Gasteiger partial charge in [0.15, 0.2) is 5.82 Å². The van der Waals surface area contributed by atoms with Gasteiger partial charge in [0.25, 0.3) is 0 Å². The summed E-state index contributed by atoms with van der Waals surface area (Å²) in [5.41, 5.74) is 6.76. The average Bonchev–Trinajstić information content (AvgIpc) is 2.98. The molecule has 0 aliphatic rings. The molecule has 0 aliphatic carbocycles. The van der Waals surface area contributed by atoms with Crippen molar-refractivity contribution < 1.29 is 14.3 Å². The van der Waals surface area contributed by atoms with Gasteiger partial charge in [-0.2, -0.15) is 4.68 Å². The van der Waals surface area contributed by atoms with Gasteiger partial charge in [0.05, 0.1) is 19.6 Å². The van der Waals surface area contributed by atoms with Crippen LogP contribution in [0.5, 0.6) is 5.75 Å². The third kappa shape index (κ3) is 4.63. The molecule has 1 amide bonds. The van der Waals surface area contributed by atoms with Gasteiger partial charge in [0.2, 0.25) is 5.91 Å². The maximum absolute atomic E-state index is 12.0. The predicted molar refractivity (Wildman–Crippen MR) is 90.8 cm³/mol. The lowest BCUT2D eigenvalue weighted by molar-refractivity contribution is -0.118. The number of carbonyl (C=O) groups is 1. The topological polar surface area (TPSA) is 117 Å². The van der Waals surface area contributed by atoms with Gasteiger partial charge in [0.1, 0.15) is 11.4 Å². The largest absolute Gasteiger partial charge is 0.494 e. The molecule has 0 spiro atoms. The smallest absolute Gasteiger partial charge is 0.227 e. The number of nitrogens with one attached hydrogen (secondary N) is 1. The highest BCUT2D eigenvalue weighted by molar-refractivity contribution is 5.91. The molecule has 0 aliphatic heterocycles. The van der Waals surface area contributed by atoms with E-state index in [2.05, 4.69) is 20.8 Å². The van der Waals surface area contributed by atoms with Gasteiger partial charge in [-0.15, -0.1) is 17.5 Å². The quantitative estimate of drug-likeness (QED) is 0.749. The Kier molecular flexibility index (Phi) is 7.56. The lowest BCUT2D eigenvalue weighted by Gasteiger charge is -2.14. The van der Waals surface area contributed by atoms with Crippen LogP contribution in [0.2, 0.25) is 0 Å². The highest BCUT2D eigenvalue weighted by atomic mass is 35.5. The van der Waals surface area contributed by atoms with Crippen molar-refractivity contribution in [3.8, 4) is 11.4 Å². The van der Waals surface area contributed by atoms with E-state index >= 15 is 0 Å². The van der Waals surface area contributed by atoms with Crippen LogP contribution >= 0.6 is 12.4 Å².